The molecular formula is C7H3BrFIN2OS. The van der Waals surface area contributed by atoms with Gasteiger partial charge in [-0.1, -0.05) is 0 Å². The maximum Gasteiger partial charge on any atom is 0.152 e. The summed E-state index contributed by atoms with van der Waals surface area (Å²) in [5.41, 5.74) is 0.679. The van der Waals surface area contributed by atoms with E-state index in [9.17, 15) is 4.39 Å². The van der Waals surface area contributed by atoms with Gasteiger partial charge in [0.2, 0.25) is 0 Å². The second kappa shape index (κ2) is 4.33. The zero-order chi connectivity index (χ0) is 10.1. The lowest BCUT2D eigenvalue weighted by molar-refractivity contribution is 0.633. The van der Waals surface area contributed by atoms with Crippen molar-refractivity contribution in [2.45, 2.75) is 0 Å². The first-order chi connectivity index (χ1) is 6.74. The summed E-state index contributed by atoms with van der Waals surface area (Å²) in [4.78, 5) is 3.78. The lowest BCUT2D eigenvalue weighted by Gasteiger charge is -1.98. The molecule has 0 saturated heterocycles. The summed E-state index contributed by atoms with van der Waals surface area (Å²) in [7, 11) is 0. The van der Waals surface area contributed by atoms with E-state index in [1.165, 1.54) is 6.20 Å². The summed E-state index contributed by atoms with van der Waals surface area (Å²) in [5, 5.41) is 0.515. The largest absolute Gasteiger partial charge is 0.265 e. The molecule has 0 aliphatic heterocycles. The fraction of sp³-hybridized carbons (Fsp3) is 0. The maximum absolute atomic E-state index is 13.3. The van der Waals surface area contributed by atoms with Gasteiger partial charge in [0.1, 0.15) is 35.2 Å². The average Bonchev–Trinajstić information content (AvgIpc) is 2.46. The summed E-state index contributed by atoms with van der Waals surface area (Å²) >= 11 is 6.13. The van der Waals surface area contributed by atoms with Gasteiger partial charge in [0.05, 0.1) is 23.3 Å². The third-order valence-corrected chi connectivity index (χ3v) is 3.30. The molecule has 0 spiro atoms. The molecule has 7 heteroatoms. The fourth-order valence-electron chi connectivity index (χ4n) is 1.16. The number of hydrogen-bond acceptors (Lipinski definition) is 3. The molecule has 0 aliphatic carbocycles. The molecule has 0 N–H and O–H groups in total. The zero-order valence-corrected chi connectivity index (χ0v) is 11.1. The van der Waals surface area contributed by atoms with E-state index in [4.69, 9.17) is 2.51 Å². The van der Waals surface area contributed by atoms with Crippen molar-refractivity contribution < 1.29 is 6.90 Å². The molecular weight excluding hydrogens is 386 g/mol. The molecule has 0 atom stereocenters. The summed E-state index contributed by atoms with van der Waals surface area (Å²) in [6.07, 6.45) is 4.51. The molecule has 0 bridgehead atoms. The Hall–Kier alpha value is 0.140. The highest BCUT2D eigenvalue weighted by Crippen LogP contribution is 2.31. The van der Waals surface area contributed by atoms with Crippen LogP contribution in [0.25, 0.3) is 10.9 Å². The molecule has 2 rings (SSSR count). The molecule has 14 heavy (non-hydrogen) atoms. The lowest BCUT2D eigenvalue weighted by Crippen LogP contribution is -1.85. The van der Waals surface area contributed by atoms with Crippen molar-refractivity contribution >= 4 is 62.1 Å². The van der Waals surface area contributed by atoms with Crippen LogP contribution in [0.3, 0.4) is 0 Å². The van der Waals surface area contributed by atoms with E-state index in [0.29, 0.717) is 15.4 Å². The predicted molar refractivity (Wildman–Crippen MR) is 65.5 cm³/mol. The molecule has 0 fully saturated rings. The summed E-state index contributed by atoms with van der Waals surface area (Å²) in [6.45, 7) is 0. The summed E-state index contributed by atoms with van der Waals surface area (Å²) in [5.74, 6) is -0.345. The molecule has 0 aliphatic rings. The number of hydrogen-bond donors (Lipinski definition) is 0. The quantitative estimate of drug-likeness (QED) is 0.579. The Bertz CT molecular complexity index is 478. The van der Waals surface area contributed by atoms with Crippen LogP contribution in [-0.2, 0) is 2.51 Å². The molecule has 2 aromatic heterocycles. The van der Waals surface area contributed by atoms with Crippen LogP contribution >= 0.6 is 51.2 Å². The van der Waals surface area contributed by atoms with Crippen LogP contribution < -0.4 is 0 Å². The molecule has 0 unspecified atom stereocenters. The highest BCUT2D eigenvalue weighted by molar-refractivity contribution is 14.1. The molecule has 0 radical (unpaired) electrons. The van der Waals surface area contributed by atoms with E-state index in [0.717, 1.165) is 12.2 Å². The second-order valence-electron chi connectivity index (χ2n) is 2.46. The van der Waals surface area contributed by atoms with Crippen molar-refractivity contribution in [3.05, 3.63) is 28.9 Å². The van der Waals surface area contributed by atoms with Gasteiger partial charge in [0.25, 0.3) is 0 Å². The Morgan fingerprint density at radius 1 is 1.57 bits per heavy atom. The zero-order valence-electron chi connectivity index (χ0n) is 6.58. The average molecular weight is 389 g/mol. The van der Waals surface area contributed by atoms with Gasteiger partial charge in [-0.3, -0.25) is 8.96 Å². The van der Waals surface area contributed by atoms with Crippen molar-refractivity contribution in [2.24, 2.45) is 0 Å². The number of rotatable bonds is 2. The Labute approximate surface area is 106 Å². The van der Waals surface area contributed by atoms with E-state index < -0.39 is 0 Å². The molecule has 0 saturated carbocycles. The molecule has 0 amide bonds. The Balaban J connectivity index is 2.71. The Morgan fingerprint density at radius 2 is 2.36 bits per heavy atom. The van der Waals surface area contributed by atoms with Crippen molar-refractivity contribution in [3.8, 4) is 0 Å². The van der Waals surface area contributed by atoms with Crippen molar-refractivity contribution in [3.63, 3.8) is 0 Å². The molecule has 3 nitrogen and oxygen atoms in total. The predicted octanol–water partition coefficient (Wildman–Crippen LogP) is 3.72. The first-order valence-corrected chi connectivity index (χ1v) is 5.87. The van der Waals surface area contributed by atoms with Gasteiger partial charge >= 0.3 is 0 Å². The van der Waals surface area contributed by atoms with Crippen LogP contribution in [0, 0.1) is 5.82 Å². The lowest BCUT2D eigenvalue weighted by atomic mass is 10.3. The highest BCUT2D eigenvalue weighted by atomic mass is 127. The van der Waals surface area contributed by atoms with E-state index in [-0.39, 0.29) is 5.82 Å². The third-order valence-electron chi connectivity index (χ3n) is 1.70. The third kappa shape index (κ3) is 1.77. The van der Waals surface area contributed by atoms with E-state index >= 15 is 0 Å². The minimum Gasteiger partial charge on any atom is -0.265 e. The highest BCUT2D eigenvalue weighted by Gasteiger charge is 2.11. The standard InChI is InChI=1S/C7H3BrFIN2OS/c8-4-3-12(14-13-10)6-2-11-1-5(9)7(4)6/h1-3H. The van der Waals surface area contributed by atoms with Crippen molar-refractivity contribution in [2.75, 3.05) is 0 Å². The van der Waals surface area contributed by atoms with Gasteiger partial charge in [-0.25, -0.2) is 6.90 Å². The summed E-state index contributed by atoms with van der Waals surface area (Å²) < 4.78 is 20.6. The first kappa shape index (κ1) is 10.7. The van der Waals surface area contributed by atoms with Gasteiger partial charge in [-0.05, 0) is 15.9 Å². The topological polar surface area (TPSA) is 27.1 Å². The van der Waals surface area contributed by atoms with Crippen molar-refractivity contribution in [1.82, 2.24) is 8.96 Å². The number of nitrogens with zero attached hydrogens (tertiary/aromatic N) is 2. The van der Waals surface area contributed by atoms with Gasteiger partial charge in [-0.15, -0.1) is 0 Å². The Kier molecular flexibility index (Phi) is 3.30. The van der Waals surface area contributed by atoms with E-state index in [1.54, 1.807) is 39.4 Å². The van der Waals surface area contributed by atoms with Crippen LogP contribution in [0.4, 0.5) is 4.39 Å². The van der Waals surface area contributed by atoms with Crippen LogP contribution in [-0.4, -0.2) is 8.96 Å². The monoisotopic (exact) mass is 388 g/mol. The minimum atomic E-state index is -0.345. The Morgan fingerprint density at radius 3 is 3.07 bits per heavy atom. The SMILES string of the molecule is Fc1cncc2c1c(Br)cn2SOI. The normalized spacial score (nSPS) is 11.1. The summed E-state index contributed by atoms with van der Waals surface area (Å²) in [6, 6.07) is 0. The molecule has 2 heterocycles. The van der Waals surface area contributed by atoms with Gasteiger partial charge in [0.15, 0.2) is 5.82 Å². The van der Waals surface area contributed by atoms with Gasteiger partial charge in [-0.2, -0.15) is 0 Å². The van der Waals surface area contributed by atoms with Gasteiger partial charge in [0, 0.05) is 10.7 Å². The van der Waals surface area contributed by atoms with Crippen LogP contribution in [0.2, 0.25) is 0 Å². The fourth-order valence-corrected chi connectivity index (χ4v) is 2.84. The molecule has 74 valence electrons. The first-order valence-electron chi connectivity index (χ1n) is 3.50. The minimum absolute atomic E-state index is 0.345. The second-order valence-corrected chi connectivity index (χ2v) is 5.06. The number of fused-ring (bicyclic) bond motifs is 1. The number of halogens is 3. The van der Waals surface area contributed by atoms with Crippen molar-refractivity contribution in [1.29, 1.82) is 0 Å². The molecule has 0 aromatic carbocycles. The van der Waals surface area contributed by atoms with E-state index in [2.05, 4.69) is 20.9 Å². The van der Waals surface area contributed by atoms with E-state index in [1.807, 2.05) is 0 Å². The van der Waals surface area contributed by atoms with Crippen LogP contribution in [0.5, 0.6) is 0 Å². The number of aromatic nitrogens is 2. The maximum atomic E-state index is 13.3. The van der Waals surface area contributed by atoms with Gasteiger partial charge < -0.3 is 0 Å². The van der Waals surface area contributed by atoms with Crippen LogP contribution in [0.15, 0.2) is 23.1 Å². The number of pyridine rings is 1. The van der Waals surface area contributed by atoms with Crippen LogP contribution in [0.1, 0.15) is 0 Å². The molecule has 2 aromatic rings. The smallest absolute Gasteiger partial charge is 0.152 e.